The van der Waals surface area contributed by atoms with Crippen LogP contribution in [-0.4, -0.2) is 6.10 Å². The molecule has 15 heavy (non-hydrogen) atoms. The summed E-state index contributed by atoms with van der Waals surface area (Å²) in [6.07, 6.45) is 5.14. The fourth-order valence-corrected chi connectivity index (χ4v) is 1.93. The Labute approximate surface area is 89.2 Å². The molecule has 0 saturated heterocycles. The molecule has 0 aromatic heterocycles. The maximum absolute atomic E-state index is 13.1. The van der Waals surface area contributed by atoms with Crippen LogP contribution >= 0.6 is 0 Å². The molecule has 0 atom stereocenters. The van der Waals surface area contributed by atoms with Crippen LogP contribution in [0.4, 0.5) is 10.1 Å². The summed E-state index contributed by atoms with van der Waals surface area (Å²) in [5.74, 6) is -0.359. The van der Waals surface area contributed by atoms with Crippen LogP contribution < -0.4 is 5.73 Å². The van der Waals surface area contributed by atoms with Crippen molar-refractivity contribution in [3.8, 4) is 0 Å². The van der Waals surface area contributed by atoms with Gasteiger partial charge in [-0.3, -0.25) is 0 Å². The summed E-state index contributed by atoms with van der Waals surface area (Å²) in [7, 11) is 0. The van der Waals surface area contributed by atoms with E-state index in [1.165, 1.54) is 18.9 Å². The highest BCUT2D eigenvalue weighted by molar-refractivity contribution is 5.41. The van der Waals surface area contributed by atoms with Gasteiger partial charge in [-0.1, -0.05) is 18.9 Å². The van der Waals surface area contributed by atoms with Crippen LogP contribution in [0, 0.1) is 5.82 Å². The number of anilines is 1. The summed E-state index contributed by atoms with van der Waals surface area (Å²) in [6.45, 7) is 0.488. The van der Waals surface area contributed by atoms with Gasteiger partial charge >= 0.3 is 0 Å². The highest BCUT2D eigenvalue weighted by atomic mass is 19.1. The molecule has 3 heteroatoms. The zero-order valence-corrected chi connectivity index (χ0v) is 8.71. The molecule has 0 heterocycles. The first kappa shape index (κ1) is 10.4. The van der Waals surface area contributed by atoms with E-state index in [9.17, 15) is 4.39 Å². The lowest BCUT2D eigenvalue weighted by molar-refractivity contribution is 0.0456. The average Bonchev–Trinajstić information content (AvgIpc) is 2.73. The van der Waals surface area contributed by atoms with Crippen LogP contribution in [0.3, 0.4) is 0 Å². The minimum absolute atomic E-state index is 0.194. The lowest BCUT2D eigenvalue weighted by Crippen LogP contribution is -2.07. The lowest BCUT2D eigenvalue weighted by atomic mass is 10.2. The molecular weight excluding hydrogens is 193 g/mol. The topological polar surface area (TPSA) is 35.2 Å². The highest BCUT2D eigenvalue weighted by Crippen LogP contribution is 2.22. The van der Waals surface area contributed by atoms with Crippen molar-refractivity contribution in [2.75, 3.05) is 5.73 Å². The van der Waals surface area contributed by atoms with Gasteiger partial charge < -0.3 is 10.5 Å². The molecular formula is C12H16FNO. The number of rotatable bonds is 3. The number of nitrogen functional groups attached to an aromatic ring is 1. The monoisotopic (exact) mass is 209 g/mol. The van der Waals surface area contributed by atoms with E-state index in [4.69, 9.17) is 10.5 Å². The van der Waals surface area contributed by atoms with Crippen molar-refractivity contribution in [3.05, 3.63) is 29.6 Å². The SMILES string of the molecule is Nc1ccc(COC2CCCC2)cc1F. The molecule has 1 aliphatic rings. The first-order valence-corrected chi connectivity index (χ1v) is 5.41. The van der Waals surface area contributed by atoms with Gasteiger partial charge in [0.05, 0.1) is 18.4 Å². The van der Waals surface area contributed by atoms with Crippen LogP contribution in [0.5, 0.6) is 0 Å². The Kier molecular flexibility index (Phi) is 3.21. The third kappa shape index (κ3) is 2.69. The van der Waals surface area contributed by atoms with E-state index in [1.54, 1.807) is 6.07 Å². The molecule has 0 bridgehead atoms. The van der Waals surface area contributed by atoms with E-state index in [0.29, 0.717) is 12.7 Å². The second kappa shape index (κ2) is 4.62. The predicted octanol–water partition coefficient (Wildman–Crippen LogP) is 2.87. The Morgan fingerprint density at radius 3 is 2.73 bits per heavy atom. The third-order valence-electron chi connectivity index (χ3n) is 2.85. The summed E-state index contributed by atoms with van der Waals surface area (Å²) in [4.78, 5) is 0. The van der Waals surface area contributed by atoms with Crippen molar-refractivity contribution in [2.24, 2.45) is 0 Å². The fraction of sp³-hybridized carbons (Fsp3) is 0.500. The van der Waals surface area contributed by atoms with Gasteiger partial charge in [0.1, 0.15) is 5.82 Å². The van der Waals surface area contributed by atoms with Gasteiger partial charge in [-0.2, -0.15) is 0 Å². The van der Waals surface area contributed by atoms with E-state index in [2.05, 4.69) is 0 Å². The van der Waals surface area contributed by atoms with Crippen LogP contribution in [0.15, 0.2) is 18.2 Å². The normalized spacial score (nSPS) is 17.1. The second-order valence-corrected chi connectivity index (χ2v) is 4.07. The molecule has 1 aromatic rings. The number of ether oxygens (including phenoxy) is 1. The molecule has 82 valence electrons. The van der Waals surface area contributed by atoms with Crippen molar-refractivity contribution in [1.29, 1.82) is 0 Å². The number of nitrogens with two attached hydrogens (primary N) is 1. The van der Waals surface area contributed by atoms with Crippen LogP contribution in [-0.2, 0) is 11.3 Å². The largest absolute Gasteiger partial charge is 0.396 e. The molecule has 2 nitrogen and oxygen atoms in total. The van der Waals surface area contributed by atoms with E-state index >= 15 is 0 Å². The van der Waals surface area contributed by atoms with Crippen molar-refractivity contribution in [2.45, 2.75) is 38.4 Å². The summed E-state index contributed by atoms with van der Waals surface area (Å²) < 4.78 is 18.8. The average molecular weight is 209 g/mol. The van der Waals surface area contributed by atoms with E-state index in [0.717, 1.165) is 18.4 Å². The first-order valence-electron chi connectivity index (χ1n) is 5.41. The Morgan fingerprint density at radius 2 is 2.07 bits per heavy atom. The van der Waals surface area contributed by atoms with Gasteiger partial charge in [0, 0.05) is 0 Å². The smallest absolute Gasteiger partial charge is 0.146 e. The second-order valence-electron chi connectivity index (χ2n) is 4.07. The van der Waals surface area contributed by atoms with E-state index < -0.39 is 0 Å². The van der Waals surface area contributed by atoms with Gasteiger partial charge in [0.2, 0.25) is 0 Å². The third-order valence-corrected chi connectivity index (χ3v) is 2.85. The molecule has 1 aromatic carbocycles. The fourth-order valence-electron chi connectivity index (χ4n) is 1.93. The standard InChI is InChI=1S/C12H16FNO/c13-11-7-9(5-6-12(11)14)8-15-10-3-1-2-4-10/h5-7,10H,1-4,8,14H2. The highest BCUT2D eigenvalue weighted by Gasteiger charge is 2.15. The molecule has 2 N–H and O–H groups in total. The Hall–Kier alpha value is -1.09. The van der Waals surface area contributed by atoms with Crippen molar-refractivity contribution >= 4 is 5.69 Å². The number of benzene rings is 1. The molecule has 1 saturated carbocycles. The van der Waals surface area contributed by atoms with Crippen LogP contribution in [0.2, 0.25) is 0 Å². The zero-order chi connectivity index (χ0) is 10.7. The number of hydrogen-bond donors (Lipinski definition) is 1. The Morgan fingerprint density at radius 1 is 1.33 bits per heavy atom. The van der Waals surface area contributed by atoms with E-state index in [-0.39, 0.29) is 11.5 Å². The molecule has 0 radical (unpaired) electrons. The number of halogens is 1. The molecule has 0 amide bonds. The van der Waals surface area contributed by atoms with Gasteiger partial charge in [-0.15, -0.1) is 0 Å². The van der Waals surface area contributed by atoms with Crippen LogP contribution in [0.1, 0.15) is 31.2 Å². The minimum atomic E-state index is -0.359. The molecule has 2 rings (SSSR count). The molecule has 0 aliphatic heterocycles. The molecule has 0 spiro atoms. The maximum atomic E-state index is 13.1. The molecule has 1 fully saturated rings. The summed E-state index contributed by atoms with van der Waals surface area (Å²) in [5.41, 5.74) is 6.44. The minimum Gasteiger partial charge on any atom is -0.396 e. The lowest BCUT2D eigenvalue weighted by Gasteiger charge is -2.11. The first-order chi connectivity index (χ1) is 7.25. The van der Waals surface area contributed by atoms with Crippen molar-refractivity contribution in [3.63, 3.8) is 0 Å². The van der Waals surface area contributed by atoms with Gasteiger partial charge in [0.15, 0.2) is 0 Å². The van der Waals surface area contributed by atoms with Gasteiger partial charge in [-0.25, -0.2) is 4.39 Å². The predicted molar refractivity (Wildman–Crippen MR) is 57.9 cm³/mol. The number of hydrogen-bond acceptors (Lipinski definition) is 2. The van der Waals surface area contributed by atoms with Crippen molar-refractivity contribution in [1.82, 2.24) is 0 Å². The Bertz CT molecular complexity index is 334. The van der Waals surface area contributed by atoms with Gasteiger partial charge in [0.25, 0.3) is 0 Å². The molecule has 1 aliphatic carbocycles. The van der Waals surface area contributed by atoms with Crippen LogP contribution in [0.25, 0.3) is 0 Å². The summed E-state index contributed by atoms with van der Waals surface area (Å²) >= 11 is 0. The van der Waals surface area contributed by atoms with Gasteiger partial charge in [-0.05, 0) is 30.5 Å². The Balaban J connectivity index is 1.90. The maximum Gasteiger partial charge on any atom is 0.146 e. The molecule has 0 unspecified atom stereocenters. The summed E-state index contributed by atoms with van der Waals surface area (Å²) in [5, 5.41) is 0. The van der Waals surface area contributed by atoms with Crippen molar-refractivity contribution < 1.29 is 9.13 Å². The summed E-state index contributed by atoms with van der Waals surface area (Å²) in [6, 6.07) is 4.85. The van der Waals surface area contributed by atoms with E-state index in [1.807, 2.05) is 6.07 Å². The quantitative estimate of drug-likeness (QED) is 0.777. The zero-order valence-electron chi connectivity index (χ0n) is 8.71.